The highest BCUT2D eigenvalue weighted by molar-refractivity contribution is 7.92. The normalized spacial score (nSPS) is 11.1. The van der Waals surface area contributed by atoms with Crippen molar-refractivity contribution in [1.29, 1.82) is 0 Å². The van der Waals surface area contributed by atoms with Gasteiger partial charge in [0.2, 0.25) is 5.88 Å². The summed E-state index contributed by atoms with van der Waals surface area (Å²) in [5.74, 6) is -1.15. The summed E-state index contributed by atoms with van der Waals surface area (Å²) >= 11 is 0. The first kappa shape index (κ1) is 21.5. The molecule has 0 atom stereocenters. The van der Waals surface area contributed by atoms with Crippen LogP contribution < -0.4 is 14.2 Å². The summed E-state index contributed by atoms with van der Waals surface area (Å²) in [6, 6.07) is 5.21. The molecule has 9 nitrogen and oxygen atoms in total. The highest BCUT2D eigenvalue weighted by Gasteiger charge is 2.21. The number of pyridine rings is 1. The van der Waals surface area contributed by atoms with Crippen LogP contribution in [0.15, 0.2) is 35.4 Å². The summed E-state index contributed by atoms with van der Waals surface area (Å²) < 4.78 is 43.2. The first-order valence-electron chi connectivity index (χ1n) is 8.37. The number of hydrogen-bond acceptors (Lipinski definition) is 7. The van der Waals surface area contributed by atoms with Crippen LogP contribution in [-0.4, -0.2) is 51.9 Å². The van der Waals surface area contributed by atoms with Gasteiger partial charge in [-0.05, 0) is 36.2 Å². The molecule has 2 aromatic rings. The zero-order valence-electron chi connectivity index (χ0n) is 15.8. The van der Waals surface area contributed by atoms with Crippen LogP contribution in [0.3, 0.4) is 0 Å². The fourth-order valence-corrected chi connectivity index (χ4v) is 3.41. The summed E-state index contributed by atoms with van der Waals surface area (Å²) in [5.41, 5.74) is 0.706. The van der Waals surface area contributed by atoms with Crippen LogP contribution in [0.2, 0.25) is 0 Å². The van der Waals surface area contributed by atoms with Crippen LogP contribution in [0.1, 0.15) is 22.8 Å². The molecule has 0 radical (unpaired) electrons. The third-order valence-corrected chi connectivity index (χ3v) is 5.15. The van der Waals surface area contributed by atoms with Gasteiger partial charge in [0.1, 0.15) is 23.6 Å². The van der Waals surface area contributed by atoms with Gasteiger partial charge in [0, 0.05) is 13.3 Å². The lowest BCUT2D eigenvalue weighted by Gasteiger charge is -2.14. The highest BCUT2D eigenvalue weighted by Crippen LogP contribution is 2.28. The van der Waals surface area contributed by atoms with Crippen molar-refractivity contribution < 1.29 is 32.5 Å². The first-order valence-corrected chi connectivity index (χ1v) is 9.85. The van der Waals surface area contributed by atoms with Gasteiger partial charge in [0.15, 0.2) is 0 Å². The van der Waals surface area contributed by atoms with Crippen LogP contribution in [0.4, 0.5) is 5.69 Å². The molecular formula is C18H22N2O7S. The molecule has 0 aliphatic rings. The molecule has 1 aromatic heterocycles. The van der Waals surface area contributed by atoms with Gasteiger partial charge < -0.3 is 19.3 Å². The van der Waals surface area contributed by atoms with E-state index in [0.29, 0.717) is 6.42 Å². The Morgan fingerprint density at radius 2 is 1.96 bits per heavy atom. The lowest BCUT2D eigenvalue weighted by molar-refractivity contribution is 0.0689. The zero-order chi connectivity index (χ0) is 20.7. The highest BCUT2D eigenvalue weighted by atomic mass is 32.2. The molecule has 28 heavy (non-hydrogen) atoms. The molecule has 0 saturated heterocycles. The number of rotatable bonds is 10. The predicted molar refractivity (Wildman–Crippen MR) is 102 cm³/mol. The Morgan fingerprint density at radius 3 is 2.57 bits per heavy atom. The summed E-state index contributed by atoms with van der Waals surface area (Å²) in [5, 5.41) is 9.40. The SMILES string of the molecule is CCc1cnc(OC)c(NS(=O)(=O)c2ccc(OCCOC)c(C(=O)O)c2)c1. The number of carbonyl (C=O) groups is 1. The fourth-order valence-electron chi connectivity index (χ4n) is 2.33. The van der Waals surface area contributed by atoms with Crippen molar-refractivity contribution >= 4 is 21.7 Å². The maximum absolute atomic E-state index is 12.8. The molecule has 2 N–H and O–H groups in total. The van der Waals surface area contributed by atoms with E-state index in [1.807, 2.05) is 6.92 Å². The van der Waals surface area contributed by atoms with E-state index in [4.69, 9.17) is 14.2 Å². The largest absolute Gasteiger partial charge is 0.490 e. The van der Waals surface area contributed by atoms with Gasteiger partial charge >= 0.3 is 5.97 Å². The molecule has 1 aromatic carbocycles. The molecule has 0 spiro atoms. The second kappa shape index (κ2) is 9.38. The Kier molecular flexibility index (Phi) is 7.18. The van der Waals surface area contributed by atoms with E-state index >= 15 is 0 Å². The second-order valence-electron chi connectivity index (χ2n) is 5.66. The van der Waals surface area contributed by atoms with E-state index in [2.05, 4.69) is 9.71 Å². The van der Waals surface area contributed by atoms with E-state index in [1.165, 1.54) is 26.4 Å². The van der Waals surface area contributed by atoms with E-state index in [1.54, 1.807) is 12.3 Å². The number of ether oxygens (including phenoxy) is 3. The molecule has 0 saturated carbocycles. The fraction of sp³-hybridized carbons (Fsp3) is 0.333. The third kappa shape index (κ3) is 5.11. The van der Waals surface area contributed by atoms with Gasteiger partial charge in [-0.2, -0.15) is 0 Å². The maximum atomic E-state index is 12.8. The molecule has 0 bridgehead atoms. The molecule has 1 heterocycles. The van der Waals surface area contributed by atoms with Crippen LogP contribution in [0.5, 0.6) is 11.6 Å². The van der Waals surface area contributed by atoms with Crippen molar-refractivity contribution in [3.05, 3.63) is 41.6 Å². The smallest absolute Gasteiger partial charge is 0.339 e. The van der Waals surface area contributed by atoms with Gasteiger partial charge in [-0.1, -0.05) is 6.92 Å². The van der Waals surface area contributed by atoms with E-state index in [0.717, 1.165) is 11.6 Å². The van der Waals surface area contributed by atoms with E-state index < -0.39 is 16.0 Å². The van der Waals surface area contributed by atoms with Crippen molar-refractivity contribution in [2.24, 2.45) is 0 Å². The topological polar surface area (TPSA) is 124 Å². The summed E-state index contributed by atoms with van der Waals surface area (Å²) in [6.07, 6.45) is 2.24. The second-order valence-corrected chi connectivity index (χ2v) is 7.35. The van der Waals surface area contributed by atoms with Gasteiger partial charge in [-0.3, -0.25) is 4.72 Å². The zero-order valence-corrected chi connectivity index (χ0v) is 16.6. The monoisotopic (exact) mass is 410 g/mol. The Labute approximate surface area is 163 Å². The number of aryl methyl sites for hydroxylation is 1. The molecule has 10 heteroatoms. The number of nitrogens with zero attached hydrogens (tertiary/aromatic N) is 1. The number of hydrogen-bond donors (Lipinski definition) is 2. The van der Waals surface area contributed by atoms with Crippen molar-refractivity contribution in [3.63, 3.8) is 0 Å². The molecule has 0 aliphatic carbocycles. The van der Waals surface area contributed by atoms with Crippen LogP contribution in [0, 0.1) is 0 Å². The van der Waals surface area contributed by atoms with Gasteiger partial charge in [0.05, 0.1) is 18.6 Å². The quantitative estimate of drug-likeness (QED) is 0.571. The molecule has 0 fully saturated rings. The predicted octanol–water partition coefficient (Wildman–Crippen LogP) is 2.18. The number of carboxylic acids is 1. The molecule has 0 unspecified atom stereocenters. The average Bonchev–Trinajstić information content (AvgIpc) is 2.67. The van der Waals surface area contributed by atoms with Gasteiger partial charge in [0.25, 0.3) is 10.0 Å². The Bertz CT molecular complexity index is 945. The van der Waals surface area contributed by atoms with Crippen LogP contribution in [-0.2, 0) is 21.2 Å². The number of benzene rings is 1. The van der Waals surface area contributed by atoms with E-state index in [-0.39, 0.29) is 41.0 Å². The Morgan fingerprint density at radius 1 is 1.21 bits per heavy atom. The Balaban J connectivity index is 2.38. The van der Waals surface area contributed by atoms with Crippen molar-refractivity contribution in [3.8, 4) is 11.6 Å². The Hall–Kier alpha value is -2.85. The number of methoxy groups -OCH3 is 2. The summed E-state index contributed by atoms with van der Waals surface area (Å²) in [6.45, 7) is 2.30. The molecule has 2 rings (SSSR count). The van der Waals surface area contributed by atoms with Crippen molar-refractivity contribution in [2.45, 2.75) is 18.2 Å². The van der Waals surface area contributed by atoms with Gasteiger partial charge in [-0.25, -0.2) is 18.2 Å². The van der Waals surface area contributed by atoms with E-state index in [9.17, 15) is 18.3 Å². The van der Waals surface area contributed by atoms with Crippen molar-refractivity contribution in [2.75, 3.05) is 32.2 Å². The first-order chi connectivity index (χ1) is 13.3. The minimum Gasteiger partial charge on any atom is -0.490 e. The standard InChI is InChI=1S/C18H22N2O7S/c1-4-12-9-15(17(26-3)19-11-12)20-28(23,24)13-5-6-16(27-8-7-25-2)14(10-13)18(21)22/h5-6,9-11,20H,4,7-8H2,1-3H3,(H,21,22). The minimum absolute atomic E-state index is 0.0516. The van der Waals surface area contributed by atoms with Crippen molar-refractivity contribution in [1.82, 2.24) is 4.98 Å². The maximum Gasteiger partial charge on any atom is 0.339 e. The number of sulfonamides is 1. The number of anilines is 1. The lowest BCUT2D eigenvalue weighted by atomic mass is 10.2. The molecule has 0 amide bonds. The van der Waals surface area contributed by atoms with Crippen LogP contribution in [0.25, 0.3) is 0 Å². The number of nitrogens with one attached hydrogen (secondary N) is 1. The average molecular weight is 410 g/mol. The number of aromatic nitrogens is 1. The minimum atomic E-state index is -4.08. The van der Waals surface area contributed by atoms with Gasteiger partial charge in [-0.15, -0.1) is 0 Å². The summed E-state index contributed by atoms with van der Waals surface area (Å²) in [7, 11) is -1.22. The molecule has 152 valence electrons. The number of carboxylic acid groups (broad SMARTS) is 1. The lowest BCUT2D eigenvalue weighted by Crippen LogP contribution is -2.16. The summed E-state index contributed by atoms with van der Waals surface area (Å²) in [4.78, 5) is 15.4. The third-order valence-electron chi connectivity index (χ3n) is 3.79. The van der Waals surface area contributed by atoms with Crippen LogP contribution >= 0.6 is 0 Å². The molecular weight excluding hydrogens is 388 g/mol. The number of aromatic carboxylic acids is 1. The molecule has 0 aliphatic heterocycles.